The van der Waals surface area contributed by atoms with Gasteiger partial charge in [0.2, 0.25) is 5.82 Å². The summed E-state index contributed by atoms with van der Waals surface area (Å²) in [6.45, 7) is 2.06. The number of halogens is 1. The molecule has 108 valence electrons. The normalized spacial score (nSPS) is 11.2. The highest BCUT2D eigenvalue weighted by molar-refractivity contribution is 6.30. The maximum Gasteiger partial charge on any atom is 0.274 e. The smallest absolute Gasteiger partial charge is 0.274 e. The van der Waals surface area contributed by atoms with E-state index in [4.69, 9.17) is 16.1 Å². The number of aryl methyl sites for hydroxylation is 1. The van der Waals surface area contributed by atoms with E-state index in [1.807, 2.05) is 18.2 Å². The fourth-order valence-corrected chi connectivity index (χ4v) is 2.53. The fourth-order valence-electron chi connectivity index (χ4n) is 2.41. The maximum absolute atomic E-state index is 5.89. The molecule has 0 amide bonds. The lowest BCUT2D eigenvalue weighted by molar-refractivity contribution is 0.431. The Hall–Kier alpha value is -2.59. The van der Waals surface area contributed by atoms with Gasteiger partial charge in [0, 0.05) is 21.5 Å². The van der Waals surface area contributed by atoms with Crippen LogP contribution in [0.1, 0.15) is 5.56 Å². The average Bonchev–Trinajstić information content (AvgIpc) is 3.13. The highest BCUT2D eigenvalue weighted by atomic mass is 35.5. The first kappa shape index (κ1) is 13.1. The summed E-state index contributed by atoms with van der Waals surface area (Å²) in [5, 5.41) is 5.83. The molecule has 0 spiro atoms. The zero-order valence-corrected chi connectivity index (χ0v) is 12.6. The lowest BCUT2D eigenvalue weighted by Gasteiger charge is -1.93. The van der Waals surface area contributed by atoms with E-state index in [0.29, 0.717) is 16.7 Å². The van der Waals surface area contributed by atoms with Crippen LogP contribution in [0.15, 0.2) is 53.1 Å². The number of hydrogen-bond acceptors (Lipinski definition) is 3. The standard InChI is InChI=1S/C17H12ClN3O/c1-10-2-3-12-9-15(19-14(12)8-10)17-20-16(21-22-17)11-4-6-13(18)7-5-11/h2-9,19H,1H3. The van der Waals surface area contributed by atoms with Crippen LogP contribution in [-0.2, 0) is 0 Å². The van der Waals surface area contributed by atoms with Crippen molar-refractivity contribution in [2.75, 3.05) is 0 Å². The molecule has 0 unspecified atom stereocenters. The van der Waals surface area contributed by atoms with Crippen molar-refractivity contribution in [2.24, 2.45) is 0 Å². The monoisotopic (exact) mass is 309 g/mol. The predicted octanol–water partition coefficient (Wildman–Crippen LogP) is 4.85. The molecule has 4 nitrogen and oxygen atoms in total. The van der Waals surface area contributed by atoms with Gasteiger partial charge in [0.1, 0.15) is 5.69 Å². The Morgan fingerprint density at radius 1 is 1.05 bits per heavy atom. The molecule has 2 heterocycles. The second-order valence-electron chi connectivity index (χ2n) is 5.20. The summed E-state index contributed by atoms with van der Waals surface area (Å²) in [6, 6.07) is 15.6. The summed E-state index contributed by atoms with van der Waals surface area (Å²) in [7, 11) is 0. The zero-order chi connectivity index (χ0) is 15.1. The van der Waals surface area contributed by atoms with Crippen LogP contribution in [0.2, 0.25) is 5.02 Å². The summed E-state index contributed by atoms with van der Waals surface area (Å²) in [5.74, 6) is 1.01. The number of hydrogen-bond donors (Lipinski definition) is 1. The van der Waals surface area contributed by atoms with Gasteiger partial charge >= 0.3 is 0 Å². The van der Waals surface area contributed by atoms with E-state index < -0.39 is 0 Å². The molecule has 22 heavy (non-hydrogen) atoms. The Morgan fingerprint density at radius 3 is 2.68 bits per heavy atom. The van der Waals surface area contributed by atoms with Crippen molar-refractivity contribution in [1.29, 1.82) is 0 Å². The third-order valence-electron chi connectivity index (χ3n) is 3.54. The molecule has 0 saturated carbocycles. The Kier molecular flexibility index (Phi) is 2.98. The van der Waals surface area contributed by atoms with Crippen molar-refractivity contribution in [3.8, 4) is 23.0 Å². The van der Waals surface area contributed by atoms with E-state index in [1.165, 1.54) is 5.56 Å². The number of rotatable bonds is 2. The molecule has 0 aliphatic heterocycles. The molecule has 1 N–H and O–H groups in total. The van der Waals surface area contributed by atoms with Gasteiger partial charge in [-0.05, 0) is 48.9 Å². The average molecular weight is 310 g/mol. The third-order valence-corrected chi connectivity index (χ3v) is 3.79. The van der Waals surface area contributed by atoms with Crippen LogP contribution in [0.5, 0.6) is 0 Å². The van der Waals surface area contributed by atoms with Crippen LogP contribution in [0.25, 0.3) is 33.9 Å². The van der Waals surface area contributed by atoms with Crippen molar-refractivity contribution in [2.45, 2.75) is 6.92 Å². The number of aromatic amines is 1. The molecule has 0 aliphatic rings. The zero-order valence-electron chi connectivity index (χ0n) is 11.8. The highest BCUT2D eigenvalue weighted by Gasteiger charge is 2.13. The van der Waals surface area contributed by atoms with Crippen LogP contribution in [0.3, 0.4) is 0 Å². The maximum atomic E-state index is 5.89. The van der Waals surface area contributed by atoms with Crippen LogP contribution < -0.4 is 0 Å². The van der Waals surface area contributed by atoms with Crippen molar-refractivity contribution in [3.63, 3.8) is 0 Å². The van der Waals surface area contributed by atoms with E-state index in [2.05, 4.69) is 40.2 Å². The Morgan fingerprint density at radius 2 is 1.86 bits per heavy atom. The second kappa shape index (κ2) is 5.00. The molecule has 0 atom stereocenters. The first-order chi connectivity index (χ1) is 10.7. The van der Waals surface area contributed by atoms with Gasteiger partial charge in [-0.3, -0.25) is 0 Å². The lowest BCUT2D eigenvalue weighted by Crippen LogP contribution is -1.81. The highest BCUT2D eigenvalue weighted by Crippen LogP contribution is 2.26. The van der Waals surface area contributed by atoms with Crippen molar-refractivity contribution in [3.05, 3.63) is 59.1 Å². The lowest BCUT2D eigenvalue weighted by atomic mass is 10.2. The van der Waals surface area contributed by atoms with Crippen LogP contribution in [-0.4, -0.2) is 15.1 Å². The minimum absolute atomic E-state index is 0.471. The van der Waals surface area contributed by atoms with Gasteiger partial charge in [-0.15, -0.1) is 0 Å². The molecule has 4 rings (SSSR count). The van der Waals surface area contributed by atoms with Crippen molar-refractivity contribution in [1.82, 2.24) is 15.1 Å². The molecule has 4 aromatic rings. The Bertz CT molecular complexity index is 954. The molecule has 0 fully saturated rings. The number of nitrogens with one attached hydrogen (secondary N) is 1. The van der Waals surface area contributed by atoms with Crippen molar-refractivity contribution >= 4 is 22.5 Å². The fraction of sp³-hybridized carbons (Fsp3) is 0.0588. The van der Waals surface area contributed by atoms with Gasteiger partial charge in [-0.1, -0.05) is 28.9 Å². The topological polar surface area (TPSA) is 54.7 Å². The number of fused-ring (bicyclic) bond motifs is 1. The number of H-pyrrole nitrogens is 1. The Labute approximate surface area is 131 Å². The van der Waals surface area contributed by atoms with Gasteiger partial charge in [-0.25, -0.2) is 0 Å². The van der Waals surface area contributed by atoms with Gasteiger partial charge in [0.05, 0.1) is 0 Å². The number of nitrogens with zero attached hydrogens (tertiary/aromatic N) is 2. The quantitative estimate of drug-likeness (QED) is 0.576. The predicted molar refractivity (Wildman–Crippen MR) is 86.8 cm³/mol. The van der Waals surface area contributed by atoms with Gasteiger partial charge < -0.3 is 9.51 Å². The molecule has 0 saturated heterocycles. The van der Waals surface area contributed by atoms with Gasteiger partial charge in [-0.2, -0.15) is 4.98 Å². The third kappa shape index (κ3) is 2.27. The molecule has 0 bridgehead atoms. The van der Waals surface area contributed by atoms with E-state index in [-0.39, 0.29) is 0 Å². The summed E-state index contributed by atoms with van der Waals surface area (Å²) >= 11 is 5.89. The van der Waals surface area contributed by atoms with Crippen molar-refractivity contribution < 1.29 is 4.52 Å². The first-order valence-corrected chi connectivity index (χ1v) is 7.26. The number of benzene rings is 2. The van der Waals surface area contributed by atoms with Crippen LogP contribution in [0, 0.1) is 6.92 Å². The minimum Gasteiger partial charge on any atom is -0.351 e. The number of aromatic nitrogens is 3. The first-order valence-electron chi connectivity index (χ1n) is 6.88. The van der Waals surface area contributed by atoms with Crippen LogP contribution >= 0.6 is 11.6 Å². The summed E-state index contributed by atoms with van der Waals surface area (Å²) in [5.41, 5.74) is 3.94. The van der Waals surface area contributed by atoms with E-state index >= 15 is 0 Å². The molecule has 0 aliphatic carbocycles. The molecule has 5 heteroatoms. The summed E-state index contributed by atoms with van der Waals surface area (Å²) < 4.78 is 5.37. The van der Waals surface area contributed by atoms with E-state index in [1.54, 1.807) is 12.1 Å². The second-order valence-corrected chi connectivity index (χ2v) is 5.64. The van der Waals surface area contributed by atoms with Gasteiger partial charge in [0.15, 0.2) is 0 Å². The SMILES string of the molecule is Cc1ccc2cc(-c3nc(-c4ccc(Cl)cc4)no3)[nH]c2c1. The van der Waals surface area contributed by atoms with Gasteiger partial charge in [0.25, 0.3) is 5.89 Å². The van der Waals surface area contributed by atoms with E-state index in [9.17, 15) is 0 Å². The molecular weight excluding hydrogens is 298 g/mol. The van der Waals surface area contributed by atoms with Crippen LogP contribution in [0.4, 0.5) is 0 Å². The molecule has 0 radical (unpaired) electrons. The van der Waals surface area contributed by atoms with E-state index in [0.717, 1.165) is 22.2 Å². The molecule has 2 aromatic carbocycles. The summed E-state index contributed by atoms with van der Waals surface area (Å²) in [6.07, 6.45) is 0. The molecule has 2 aromatic heterocycles. The minimum atomic E-state index is 0.471. The summed E-state index contributed by atoms with van der Waals surface area (Å²) in [4.78, 5) is 7.76. The molecular formula is C17H12ClN3O. The largest absolute Gasteiger partial charge is 0.351 e. The Balaban J connectivity index is 1.74.